The normalized spacial score (nSPS) is 11.4. The maximum Gasteiger partial charge on any atom is 0.418 e. The first-order chi connectivity index (χ1) is 9.41. The summed E-state index contributed by atoms with van der Waals surface area (Å²) in [5.74, 6) is 0.617. The number of rotatable bonds is 3. The zero-order chi connectivity index (χ0) is 14.8. The second kappa shape index (κ2) is 5.66. The van der Waals surface area contributed by atoms with E-state index in [0.29, 0.717) is 5.75 Å². The van der Waals surface area contributed by atoms with Crippen LogP contribution >= 0.6 is 11.8 Å². The maximum atomic E-state index is 12.8. The van der Waals surface area contributed by atoms with E-state index in [4.69, 9.17) is 10.5 Å². The summed E-state index contributed by atoms with van der Waals surface area (Å²) in [4.78, 5) is 0.845. The Morgan fingerprint density at radius 3 is 2.45 bits per heavy atom. The lowest BCUT2D eigenvalue weighted by atomic mass is 10.1. The molecule has 0 aliphatic carbocycles. The average molecular weight is 299 g/mol. The smallest absolute Gasteiger partial charge is 0.418 e. The molecule has 0 heterocycles. The minimum Gasteiger partial charge on any atom is -0.456 e. The number of alkyl halides is 3. The number of hydrogen-bond donors (Lipinski definition) is 1. The van der Waals surface area contributed by atoms with Crippen LogP contribution in [0.3, 0.4) is 0 Å². The zero-order valence-corrected chi connectivity index (χ0v) is 11.4. The number of benzene rings is 2. The Balaban J connectivity index is 2.35. The Morgan fingerprint density at radius 2 is 1.80 bits per heavy atom. The van der Waals surface area contributed by atoms with Crippen LogP contribution in [0.15, 0.2) is 47.4 Å². The van der Waals surface area contributed by atoms with Gasteiger partial charge in [-0.3, -0.25) is 0 Å². The van der Waals surface area contributed by atoms with Crippen LogP contribution in [0.1, 0.15) is 5.56 Å². The van der Waals surface area contributed by atoms with E-state index in [-0.39, 0.29) is 11.4 Å². The molecule has 106 valence electrons. The number of para-hydroxylation sites is 1. The van der Waals surface area contributed by atoms with Gasteiger partial charge in [-0.2, -0.15) is 13.2 Å². The molecule has 2 aromatic rings. The van der Waals surface area contributed by atoms with E-state index in [1.807, 2.05) is 18.4 Å². The van der Waals surface area contributed by atoms with Crippen LogP contribution < -0.4 is 10.5 Å². The SMILES string of the molecule is CSc1ccccc1Oc1ccc(N)c(C(F)(F)F)c1. The first kappa shape index (κ1) is 14.6. The molecule has 20 heavy (non-hydrogen) atoms. The van der Waals surface area contributed by atoms with E-state index >= 15 is 0 Å². The fourth-order valence-corrected chi connectivity index (χ4v) is 2.20. The minimum absolute atomic E-state index is 0.105. The molecular formula is C14H12F3NOS. The molecule has 0 fully saturated rings. The van der Waals surface area contributed by atoms with Crippen LogP contribution in [0.25, 0.3) is 0 Å². The van der Waals surface area contributed by atoms with E-state index in [9.17, 15) is 13.2 Å². The van der Waals surface area contributed by atoms with Crippen molar-refractivity contribution < 1.29 is 17.9 Å². The average Bonchev–Trinajstić information content (AvgIpc) is 2.40. The predicted octanol–water partition coefficient (Wildman–Crippen LogP) is 4.80. The third kappa shape index (κ3) is 3.19. The molecule has 0 unspecified atom stereocenters. The first-order valence-corrected chi connectivity index (χ1v) is 6.92. The van der Waals surface area contributed by atoms with Crippen molar-refractivity contribution in [1.82, 2.24) is 0 Å². The van der Waals surface area contributed by atoms with Gasteiger partial charge < -0.3 is 10.5 Å². The molecule has 2 nitrogen and oxygen atoms in total. The second-order valence-corrected chi connectivity index (χ2v) is 4.85. The highest BCUT2D eigenvalue weighted by Gasteiger charge is 2.33. The molecule has 0 aliphatic heterocycles. The number of hydrogen-bond acceptors (Lipinski definition) is 3. The summed E-state index contributed by atoms with van der Waals surface area (Å²) in [6, 6.07) is 10.7. The molecule has 2 aromatic carbocycles. The van der Waals surface area contributed by atoms with Crippen LogP contribution in [0, 0.1) is 0 Å². The van der Waals surface area contributed by atoms with Crippen molar-refractivity contribution in [3.05, 3.63) is 48.0 Å². The van der Waals surface area contributed by atoms with Crippen LogP contribution in [-0.2, 0) is 6.18 Å². The van der Waals surface area contributed by atoms with Crippen molar-refractivity contribution in [3.8, 4) is 11.5 Å². The van der Waals surface area contributed by atoms with Gasteiger partial charge in [0.25, 0.3) is 0 Å². The molecule has 2 N–H and O–H groups in total. The van der Waals surface area contributed by atoms with E-state index in [1.165, 1.54) is 23.9 Å². The number of thioether (sulfide) groups is 1. The Bertz CT molecular complexity index is 614. The summed E-state index contributed by atoms with van der Waals surface area (Å²) in [5.41, 5.74) is 4.14. The fraction of sp³-hybridized carbons (Fsp3) is 0.143. The number of halogens is 3. The van der Waals surface area contributed by atoms with Crippen LogP contribution in [0.5, 0.6) is 11.5 Å². The van der Waals surface area contributed by atoms with Gasteiger partial charge in [-0.15, -0.1) is 11.8 Å². The molecule has 0 bridgehead atoms. The monoisotopic (exact) mass is 299 g/mol. The summed E-state index contributed by atoms with van der Waals surface area (Å²) < 4.78 is 43.8. The standard InChI is InChI=1S/C14H12F3NOS/c1-20-13-5-3-2-4-12(13)19-9-6-7-11(18)10(8-9)14(15,16)17/h2-8H,18H2,1H3. The molecule has 6 heteroatoms. The third-order valence-corrected chi connectivity index (χ3v) is 3.40. The van der Waals surface area contributed by atoms with Crippen LogP contribution in [-0.4, -0.2) is 6.26 Å². The van der Waals surface area contributed by atoms with Crippen molar-refractivity contribution in [2.75, 3.05) is 12.0 Å². The van der Waals surface area contributed by atoms with Crippen LogP contribution in [0.4, 0.5) is 18.9 Å². The molecule has 0 atom stereocenters. The first-order valence-electron chi connectivity index (χ1n) is 5.69. The molecular weight excluding hydrogens is 287 g/mol. The molecule has 2 rings (SSSR count). The Labute approximate surface area is 118 Å². The molecule has 0 aromatic heterocycles. The van der Waals surface area contributed by atoms with Gasteiger partial charge in [0.05, 0.1) is 5.56 Å². The number of nitrogen functional groups attached to an aromatic ring is 1. The Morgan fingerprint density at radius 1 is 1.10 bits per heavy atom. The van der Waals surface area contributed by atoms with E-state index < -0.39 is 11.7 Å². The van der Waals surface area contributed by atoms with Gasteiger partial charge in [-0.05, 0) is 36.6 Å². The number of ether oxygens (including phenoxy) is 1. The fourth-order valence-electron chi connectivity index (χ4n) is 1.67. The van der Waals surface area contributed by atoms with Gasteiger partial charge in [0.15, 0.2) is 0 Å². The quantitative estimate of drug-likeness (QED) is 0.653. The molecule has 0 amide bonds. The van der Waals surface area contributed by atoms with Crippen molar-refractivity contribution in [3.63, 3.8) is 0 Å². The zero-order valence-electron chi connectivity index (χ0n) is 10.6. The van der Waals surface area contributed by atoms with Crippen molar-refractivity contribution in [2.24, 2.45) is 0 Å². The molecule has 0 saturated heterocycles. The Kier molecular flexibility index (Phi) is 4.13. The number of anilines is 1. The van der Waals surface area contributed by atoms with Gasteiger partial charge >= 0.3 is 6.18 Å². The van der Waals surface area contributed by atoms with Gasteiger partial charge in [-0.1, -0.05) is 12.1 Å². The van der Waals surface area contributed by atoms with Gasteiger partial charge in [-0.25, -0.2) is 0 Å². The summed E-state index contributed by atoms with van der Waals surface area (Å²) in [5, 5.41) is 0. The Hall–Kier alpha value is -1.82. The lowest BCUT2D eigenvalue weighted by Crippen LogP contribution is -2.08. The highest BCUT2D eigenvalue weighted by Crippen LogP contribution is 2.38. The van der Waals surface area contributed by atoms with Crippen molar-refractivity contribution >= 4 is 17.4 Å². The van der Waals surface area contributed by atoms with Crippen molar-refractivity contribution in [2.45, 2.75) is 11.1 Å². The van der Waals surface area contributed by atoms with E-state index in [2.05, 4.69) is 0 Å². The van der Waals surface area contributed by atoms with Gasteiger partial charge in [0.1, 0.15) is 11.5 Å². The molecule has 0 aliphatic rings. The summed E-state index contributed by atoms with van der Waals surface area (Å²) in [7, 11) is 0. The second-order valence-electron chi connectivity index (χ2n) is 4.00. The topological polar surface area (TPSA) is 35.2 Å². The maximum absolute atomic E-state index is 12.8. The van der Waals surface area contributed by atoms with Gasteiger partial charge in [0.2, 0.25) is 0 Å². The summed E-state index contributed by atoms with van der Waals surface area (Å²) >= 11 is 1.46. The van der Waals surface area contributed by atoms with E-state index in [1.54, 1.807) is 12.1 Å². The van der Waals surface area contributed by atoms with Crippen LogP contribution in [0.2, 0.25) is 0 Å². The predicted molar refractivity (Wildman–Crippen MR) is 74.2 cm³/mol. The summed E-state index contributed by atoms with van der Waals surface area (Å²) in [6.45, 7) is 0. The number of nitrogens with two attached hydrogens (primary N) is 1. The third-order valence-electron chi connectivity index (χ3n) is 2.63. The molecule has 0 radical (unpaired) electrons. The highest BCUT2D eigenvalue weighted by molar-refractivity contribution is 7.98. The van der Waals surface area contributed by atoms with E-state index in [0.717, 1.165) is 11.0 Å². The largest absolute Gasteiger partial charge is 0.456 e. The van der Waals surface area contributed by atoms with Crippen molar-refractivity contribution in [1.29, 1.82) is 0 Å². The van der Waals surface area contributed by atoms with Gasteiger partial charge in [0, 0.05) is 10.6 Å². The minimum atomic E-state index is -4.50. The molecule has 0 saturated carbocycles. The lowest BCUT2D eigenvalue weighted by Gasteiger charge is -2.13. The lowest BCUT2D eigenvalue weighted by molar-refractivity contribution is -0.137. The molecule has 0 spiro atoms. The highest BCUT2D eigenvalue weighted by atomic mass is 32.2. The summed E-state index contributed by atoms with van der Waals surface area (Å²) in [6.07, 6.45) is -2.63.